The first-order chi connectivity index (χ1) is 13.7. The quantitative estimate of drug-likeness (QED) is 0.631. The fourth-order valence-electron chi connectivity index (χ4n) is 3.76. The Morgan fingerprint density at radius 3 is 3.11 bits per heavy atom. The number of aromatic nitrogens is 2. The number of fused-ring (bicyclic) bond motifs is 1. The molecule has 0 amide bonds. The second kappa shape index (κ2) is 8.65. The molecule has 0 aliphatic carbocycles. The molecule has 0 radical (unpaired) electrons. The minimum atomic E-state index is 0.0306. The van der Waals surface area contributed by atoms with Crippen LogP contribution >= 0.6 is 0 Å². The number of aryl methyl sites for hydroxylation is 1. The van der Waals surface area contributed by atoms with E-state index in [2.05, 4.69) is 40.4 Å². The maximum atomic E-state index is 5.96. The topological polar surface area (TPSA) is 63.9 Å². The summed E-state index contributed by atoms with van der Waals surface area (Å²) in [6.07, 6.45) is 5.88. The summed E-state index contributed by atoms with van der Waals surface area (Å²) >= 11 is 0. The van der Waals surface area contributed by atoms with E-state index in [1.807, 2.05) is 24.1 Å². The van der Waals surface area contributed by atoms with E-state index in [0.29, 0.717) is 6.61 Å². The van der Waals surface area contributed by atoms with Crippen LogP contribution < -0.4 is 10.1 Å². The highest BCUT2D eigenvalue weighted by Crippen LogP contribution is 2.26. The van der Waals surface area contributed by atoms with Crippen molar-refractivity contribution in [1.82, 2.24) is 20.0 Å². The van der Waals surface area contributed by atoms with Gasteiger partial charge in [0, 0.05) is 44.9 Å². The fourth-order valence-corrected chi connectivity index (χ4v) is 3.76. The zero-order valence-electron chi connectivity index (χ0n) is 16.7. The van der Waals surface area contributed by atoms with E-state index in [1.54, 1.807) is 0 Å². The van der Waals surface area contributed by atoms with E-state index < -0.39 is 0 Å². The normalized spacial score (nSPS) is 19.4. The Labute approximate surface area is 166 Å². The minimum Gasteiger partial charge on any atom is -0.493 e. The molecule has 150 valence electrons. The summed E-state index contributed by atoms with van der Waals surface area (Å²) in [5.41, 5.74) is 3.75. The highest BCUT2D eigenvalue weighted by molar-refractivity contribution is 5.80. The van der Waals surface area contributed by atoms with E-state index in [4.69, 9.17) is 14.5 Å². The Balaban J connectivity index is 1.39. The predicted molar refractivity (Wildman–Crippen MR) is 109 cm³/mol. The van der Waals surface area contributed by atoms with Gasteiger partial charge in [-0.05, 0) is 30.5 Å². The molecule has 1 atom stereocenters. The number of benzene rings is 1. The lowest BCUT2D eigenvalue weighted by Gasteiger charge is -2.34. The first-order valence-corrected chi connectivity index (χ1v) is 10.1. The van der Waals surface area contributed by atoms with Gasteiger partial charge in [-0.25, -0.2) is 0 Å². The molecule has 1 aromatic carbocycles. The van der Waals surface area contributed by atoms with Crippen molar-refractivity contribution >= 4 is 5.96 Å². The number of nitrogens with one attached hydrogen (secondary N) is 1. The second-order valence-electron chi connectivity index (χ2n) is 7.28. The van der Waals surface area contributed by atoms with Gasteiger partial charge in [0.05, 0.1) is 26.0 Å². The van der Waals surface area contributed by atoms with E-state index >= 15 is 0 Å². The number of aliphatic imine (C=N–C) groups is 1. The molecule has 1 N–H and O–H groups in total. The fraction of sp³-hybridized carbons (Fsp3) is 0.524. The average molecular weight is 383 g/mol. The molecule has 1 aromatic heterocycles. The highest BCUT2D eigenvalue weighted by atomic mass is 16.5. The summed E-state index contributed by atoms with van der Waals surface area (Å²) in [6.45, 7) is 6.84. The number of morpholine rings is 1. The van der Waals surface area contributed by atoms with Gasteiger partial charge in [-0.1, -0.05) is 12.1 Å². The number of hydrogen-bond donors (Lipinski definition) is 1. The Morgan fingerprint density at radius 2 is 2.29 bits per heavy atom. The Morgan fingerprint density at radius 1 is 1.36 bits per heavy atom. The SMILES string of the molecule is CCNC(=NCCc1ccc2c(c1)CCO2)N1CCOC(c2cnn(C)c2)C1. The first-order valence-electron chi connectivity index (χ1n) is 10.1. The van der Waals surface area contributed by atoms with Crippen LogP contribution in [0.3, 0.4) is 0 Å². The molecule has 2 aromatic rings. The summed E-state index contributed by atoms with van der Waals surface area (Å²) < 4.78 is 13.4. The van der Waals surface area contributed by atoms with Crippen LogP contribution in [0.25, 0.3) is 0 Å². The number of guanidine groups is 1. The van der Waals surface area contributed by atoms with Gasteiger partial charge in [0.2, 0.25) is 0 Å². The lowest BCUT2D eigenvalue weighted by atomic mass is 10.1. The van der Waals surface area contributed by atoms with Crippen molar-refractivity contribution in [3.63, 3.8) is 0 Å². The molecular weight excluding hydrogens is 354 g/mol. The van der Waals surface area contributed by atoms with Crippen LogP contribution in [-0.2, 0) is 24.6 Å². The maximum Gasteiger partial charge on any atom is 0.194 e. The molecule has 0 saturated carbocycles. The van der Waals surface area contributed by atoms with Gasteiger partial charge in [0.25, 0.3) is 0 Å². The van der Waals surface area contributed by atoms with Gasteiger partial charge < -0.3 is 19.7 Å². The first kappa shape index (κ1) is 18.8. The summed E-state index contributed by atoms with van der Waals surface area (Å²) in [6, 6.07) is 6.50. The molecule has 7 heteroatoms. The van der Waals surface area contributed by atoms with Crippen LogP contribution in [0.5, 0.6) is 5.75 Å². The van der Waals surface area contributed by atoms with E-state index in [-0.39, 0.29) is 6.10 Å². The molecule has 28 heavy (non-hydrogen) atoms. The third kappa shape index (κ3) is 4.30. The zero-order valence-corrected chi connectivity index (χ0v) is 16.7. The predicted octanol–water partition coefficient (Wildman–Crippen LogP) is 1.94. The van der Waals surface area contributed by atoms with Crippen molar-refractivity contribution in [3.8, 4) is 5.75 Å². The molecule has 3 heterocycles. The number of rotatable bonds is 5. The van der Waals surface area contributed by atoms with Crippen LogP contribution in [0.4, 0.5) is 0 Å². The molecule has 0 spiro atoms. The van der Waals surface area contributed by atoms with Gasteiger partial charge in [-0.2, -0.15) is 5.10 Å². The largest absolute Gasteiger partial charge is 0.493 e. The molecule has 4 rings (SSSR count). The van der Waals surface area contributed by atoms with Gasteiger partial charge >= 0.3 is 0 Å². The summed E-state index contributed by atoms with van der Waals surface area (Å²) in [4.78, 5) is 7.18. The molecule has 1 saturated heterocycles. The maximum absolute atomic E-state index is 5.96. The van der Waals surface area contributed by atoms with Gasteiger partial charge in [-0.15, -0.1) is 0 Å². The summed E-state index contributed by atoms with van der Waals surface area (Å²) in [5, 5.41) is 7.71. The van der Waals surface area contributed by atoms with Crippen molar-refractivity contribution in [2.75, 3.05) is 39.4 Å². The highest BCUT2D eigenvalue weighted by Gasteiger charge is 2.25. The Kier molecular flexibility index (Phi) is 5.81. The van der Waals surface area contributed by atoms with Crippen molar-refractivity contribution in [3.05, 3.63) is 47.3 Å². The van der Waals surface area contributed by atoms with Crippen LogP contribution in [0.15, 0.2) is 35.6 Å². The Bertz CT molecular complexity index is 832. The molecule has 1 unspecified atom stereocenters. The second-order valence-corrected chi connectivity index (χ2v) is 7.28. The van der Waals surface area contributed by atoms with Gasteiger partial charge in [-0.3, -0.25) is 9.67 Å². The van der Waals surface area contributed by atoms with Crippen molar-refractivity contribution in [1.29, 1.82) is 0 Å². The number of hydrogen-bond acceptors (Lipinski definition) is 4. The van der Waals surface area contributed by atoms with Crippen LogP contribution in [0, 0.1) is 0 Å². The lowest BCUT2D eigenvalue weighted by Crippen LogP contribution is -2.48. The standard InChI is InChI=1S/C21H29N5O2/c1-3-22-21(23-8-6-16-4-5-19-17(12-16)7-10-27-19)26-9-11-28-20(15-26)18-13-24-25(2)14-18/h4-5,12-14,20H,3,6-11,15H2,1-2H3,(H,22,23). The van der Waals surface area contributed by atoms with Crippen LogP contribution in [-0.4, -0.2) is 60.0 Å². The molecule has 7 nitrogen and oxygen atoms in total. The summed E-state index contributed by atoms with van der Waals surface area (Å²) in [7, 11) is 1.93. The monoisotopic (exact) mass is 383 g/mol. The molecule has 2 aliphatic rings. The van der Waals surface area contributed by atoms with Crippen molar-refractivity contribution in [2.45, 2.75) is 25.9 Å². The summed E-state index contributed by atoms with van der Waals surface area (Å²) in [5.74, 6) is 2.00. The van der Waals surface area contributed by atoms with Crippen molar-refractivity contribution < 1.29 is 9.47 Å². The van der Waals surface area contributed by atoms with Gasteiger partial charge in [0.15, 0.2) is 5.96 Å². The third-order valence-corrected chi connectivity index (χ3v) is 5.21. The molecule has 2 aliphatic heterocycles. The number of nitrogens with zero attached hydrogens (tertiary/aromatic N) is 4. The van der Waals surface area contributed by atoms with E-state index in [9.17, 15) is 0 Å². The number of ether oxygens (including phenoxy) is 2. The molecular formula is C21H29N5O2. The van der Waals surface area contributed by atoms with Gasteiger partial charge in [0.1, 0.15) is 11.9 Å². The van der Waals surface area contributed by atoms with Crippen LogP contribution in [0.2, 0.25) is 0 Å². The molecule has 0 bridgehead atoms. The Hall–Kier alpha value is -2.54. The van der Waals surface area contributed by atoms with E-state index in [1.165, 1.54) is 11.1 Å². The minimum absolute atomic E-state index is 0.0306. The van der Waals surface area contributed by atoms with E-state index in [0.717, 1.165) is 62.9 Å². The van der Waals surface area contributed by atoms with Crippen molar-refractivity contribution in [2.24, 2.45) is 12.0 Å². The molecule has 1 fully saturated rings. The third-order valence-electron chi connectivity index (χ3n) is 5.21. The lowest BCUT2D eigenvalue weighted by molar-refractivity contribution is -0.00803. The zero-order chi connectivity index (χ0) is 19.3. The average Bonchev–Trinajstić information content (AvgIpc) is 3.36. The van der Waals surface area contributed by atoms with Crippen LogP contribution in [0.1, 0.15) is 29.7 Å². The smallest absolute Gasteiger partial charge is 0.194 e.